The predicted octanol–water partition coefficient (Wildman–Crippen LogP) is 0.972. The maximum atomic E-state index is 11.2. The van der Waals surface area contributed by atoms with Gasteiger partial charge in [0.2, 0.25) is 0 Å². The molecule has 1 aliphatic rings. The van der Waals surface area contributed by atoms with Crippen molar-refractivity contribution in [3.05, 3.63) is 27.9 Å². The third-order valence-electron chi connectivity index (χ3n) is 2.44. The summed E-state index contributed by atoms with van der Waals surface area (Å²) in [5.41, 5.74) is 0.701. The summed E-state index contributed by atoms with van der Waals surface area (Å²) >= 11 is 0. The van der Waals surface area contributed by atoms with Crippen molar-refractivity contribution in [3.8, 4) is 0 Å². The summed E-state index contributed by atoms with van der Waals surface area (Å²) in [4.78, 5) is 18.3. The van der Waals surface area contributed by atoms with Gasteiger partial charge in [-0.2, -0.15) is 0 Å². The van der Waals surface area contributed by atoms with Gasteiger partial charge in [0.15, 0.2) is 0 Å². The van der Waals surface area contributed by atoms with Gasteiger partial charge in [-0.25, -0.2) is 4.98 Å². The summed E-state index contributed by atoms with van der Waals surface area (Å²) < 4.78 is 5.35. The molecule has 2 heterocycles. The van der Waals surface area contributed by atoms with Gasteiger partial charge in [-0.15, -0.1) is 0 Å². The van der Waals surface area contributed by atoms with E-state index in [0.29, 0.717) is 6.61 Å². The Hall–Kier alpha value is -1.16. The lowest BCUT2D eigenvalue weighted by Gasteiger charge is -2.21. The number of aromatic amines is 1. The van der Waals surface area contributed by atoms with Crippen molar-refractivity contribution >= 4 is 0 Å². The lowest BCUT2D eigenvalue weighted by molar-refractivity contribution is 0.0779. The quantitative estimate of drug-likeness (QED) is 0.724. The normalized spacial score (nSPS) is 22.2. The Balaban J connectivity index is 2.26. The van der Waals surface area contributed by atoms with Gasteiger partial charge in [-0.1, -0.05) is 0 Å². The van der Waals surface area contributed by atoms with Gasteiger partial charge < -0.3 is 9.72 Å². The predicted molar refractivity (Wildman–Crippen MR) is 52.4 cm³/mol. The Kier molecular flexibility index (Phi) is 2.63. The molecule has 2 rings (SSSR count). The van der Waals surface area contributed by atoms with Crippen LogP contribution in [-0.2, 0) is 4.74 Å². The van der Waals surface area contributed by atoms with Crippen LogP contribution < -0.4 is 5.56 Å². The molecule has 1 saturated heterocycles. The summed E-state index contributed by atoms with van der Waals surface area (Å²) in [6, 6.07) is 1.51. The molecule has 0 saturated carbocycles. The number of nitrogens with one attached hydrogen (secondary N) is 1. The lowest BCUT2D eigenvalue weighted by Crippen LogP contribution is -2.21. The first kappa shape index (κ1) is 9.40. The van der Waals surface area contributed by atoms with Crippen LogP contribution >= 0.6 is 0 Å². The second kappa shape index (κ2) is 3.92. The number of H-pyrrole nitrogens is 1. The zero-order valence-corrected chi connectivity index (χ0v) is 8.25. The molecule has 0 amide bonds. The van der Waals surface area contributed by atoms with Crippen molar-refractivity contribution in [1.29, 1.82) is 0 Å². The number of nitrogens with zero attached hydrogens (tertiary/aromatic N) is 1. The number of aryl methyl sites for hydroxylation is 1. The molecule has 1 aromatic heterocycles. The molecule has 1 atom stereocenters. The summed E-state index contributed by atoms with van der Waals surface area (Å²) in [7, 11) is 0. The van der Waals surface area contributed by atoms with E-state index < -0.39 is 0 Å². The molecule has 76 valence electrons. The highest BCUT2D eigenvalue weighted by Gasteiger charge is 2.18. The van der Waals surface area contributed by atoms with Crippen molar-refractivity contribution in [1.82, 2.24) is 9.97 Å². The van der Waals surface area contributed by atoms with Crippen molar-refractivity contribution in [2.24, 2.45) is 0 Å². The summed E-state index contributed by atoms with van der Waals surface area (Å²) in [5, 5.41) is 0. The molecular weight excluding hydrogens is 180 g/mol. The van der Waals surface area contributed by atoms with Crippen LogP contribution in [0.2, 0.25) is 0 Å². The molecule has 0 aliphatic carbocycles. The number of hydrogen-bond acceptors (Lipinski definition) is 3. The highest BCUT2D eigenvalue weighted by Crippen LogP contribution is 2.21. The summed E-state index contributed by atoms with van der Waals surface area (Å²) in [6.45, 7) is 3.33. The maximum absolute atomic E-state index is 11.2. The minimum absolute atomic E-state index is 0.0712. The highest BCUT2D eigenvalue weighted by molar-refractivity contribution is 5.04. The standard InChI is InChI=1S/C10H14N2O2/c1-7-5-9(13)12-10(11-7)8-3-2-4-14-6-8/h5,8H,2-4,6H2,1H3,(H,11,12,13). The third-order valence-corrected chi connectivity index (χ3v) is 2.44. The van der Waals surface area contributed by atoms with Gasteiger partial charge in [-0.3, -0.25) is 4.79 Å². The van der Waals surface area contributed by atoms with Crippen molar-refractivity contribution in [2.75, 3.05) is 13.2 Å². The van der Waals surface area contributed by atoms with E-state index in [4.69, 9.17) is 4.74 Å². The largest absolute Gasteiger partial charge is 0.381 e. The molecule has 1 N–H and O–H groups in total. The molecule has 0 spiro atoms. The van der Waals surface area contributed by atoms with Crippen molar-refractivity contribution in [2.45, 2.75) is 25.7 Å². The van der Waals surface area contributed by atoms with E-state index in [9.17, 15) is 4.79 Å². The van der Waals surface area contributed by atoms with Crippen LogP contribution in [-0.4, -0.2) is 23.2 Å². The van der Waals surface area contributed by atoms with Crippen LogP contribution in [0.4, 0.5) is 0 Å². The van der Waals surface area contributed by atoms with E-state index in [2.05, 4.69) is 9.97 Å². The monoisotopic (exact) mass is 194 g/mol. The van der Waals surface area contributed by atoms with E-state index in [1.165, 1.54) is 6.07 Å². The first-order chi connectivity index (χ1) is 6.75. The van der Waals surface area contributed by atoms with E-state index in [-0.39, 0.29) is 11.5 Å². The van der Waals surface area contributed by atoms with E-state index in [0.717, 1.165) is 31.0 Å². The second-order valence-electron chi connectivity index (χ2n) is 3.69. The van der Waals surface area contributed by atoms with Crippen LogP contribution in [0.25, 0.3) is 0 Å². The van der Waals surface area contributed by atoms with Crippen LogP contribution in [0.5, 0.6) is 0 Å². The average Bonchev–Trinajstić information content (AvgIpc) is 2.18. The lowest BCUT2D eigenvalue weighted by atomic mass is 10.0. The molecule has 1 aliphatic heterocycles. The smallest absolute Gasteiger partial charge is 0.251 e. The fraction of sp³-hybridized carbons (Fsp3) is 0.600. The first-order valence-electron chi connectivity index (χ1n) is 4.91. The van der Waals surface area contributed by atoms with Gasteiger partial charge in [0.25, 0.3) is 5.56 Å². The van der Waals surface area contributed by atoms with Gasteiger partial charge in [0.05, 0.1) is 6.61 Å². The Morgan fingerprint density at radius 3 is 3.14 bits per heavy atom. The third kappa shape index (κ3) is 2.01. The fourth-order valence-corrected chi connectivity index (χ4v) is 1.75. The van der Waals surface area contributed by atoms with Crippen LogP contribution in [0, 0.1) is 6.92 Å². The van der Waals surface area contributed by atoms with E-state index >= 15 is 0 Å². The Morgan fingerprint density at radius 2 is 2.50 bits per heavy atom. The van der Waals surface area contributed by atoms with Crippen molar-refractivity contribution in [3.63, 3.8) is 0 Å². The van der Waals surface area contributed by atoms with E-state index in [1.807, 2.05) is 6.92 Å². The van der Waals surface area contributed by atoms with Crippen LogP contribution in [0.3, 0.4) is 0 Å². The Labute approximate surface area is 82.3 Å². The highest BCUT2D eigenvalue weighted by atomic mass is 16.5. The molecule has 14 heavy (non-hydrogen) atoms. The number of aromatic nitrogens is 2. The van der Waals surface area contributed by atoms with Crippen molar-refractivity contribution < 1.29 is 4.74 Å². The molecule has 1 aromatic rings. The molecule has 1 fully saturated rings. The molecular formula is C10H14N2O2. The average molecular weight is 194 g/mol. The molecule has 4 nitrogen and oxygen atoms in total. The Morgan fingerprint density at radius 1 is 1.64 bits per heavy atom. The molecule has 1 unspecified atom stereocenters. The summed E-state index contributed by atoms with van der Waals surface area (Å²) in [6.07, 6.45) is 2.09. The van der Waals surface area contributed by atoms with Gasteiger partial charge in [0, 0.05) is 24.3 Å². The number of ether oxygens (including phenoxy) is 1. The van der Waals surface area contributed by atoms with Gasteiger partial charge >= 0.3 is 0 Å². The maximum Gasteiger partial charge on any atom is 0.251 e. The second-order valence-corrected chi connectivity index (χ2v) is 3.69. The molecule has 4 heteroatoms. The van der Waals surface area contributed by atoms with E-state index in [1.54, 1.807) is 0 Å². The number of hydrogen-bond donors (Lipinski definition) is 1. The zero-order valence-electron chi connectivity index (χ0n) is 8.25. The fourth-order valence-electron chi connectivity index (χ4n) is 1.75. The number of rotatable bonds is 1. The van der Waals surface area contributed by atoms with Gasteiger partial charge in [0.1, 0.15) is 5.82 Å². The minimum atomic E-state index is -0.0712. The Bertz CT molecular complexity index is 367. The minimum Gasteiger partial charge on any atom is -0.381 e. The van der Waals surface area contributed by atoms with Crippen LogP contribution in [0.15, 0.2) is 10.9 Å². The summed E-state index contributed by atoms with van der Waals surface area (Å²) in [5.74, 6) is 1.03. The topological polar surface area (TPSA) is 55.0 Å². The zero-order chi connectivity index (χ0) is 9.97. The molecule has 0 bridgehead atoms. The molecule has 0 radical (unpaired) electrons. The SMILES string of the molecule is Cc1cc(=O)[nH]c(C2CCCOC2)n1. The van der Waals surface area contributed by atoms with Crippen LogP contribution in [0.1, 0.15) is 30.3 Å². The van der Waals surface area contributed by atoms with Gasteiger partial charge in [-0.05, 0) is 19.8 Å². The first-order valence-corrected chi connectivity index (χ1v) is 4.91. The molecule has 0 aromatic carbocycles.